The van der Waals surface area contributed by atoms with E-state index in [9.17, 15) is 61.3 Å². The fourth-order valence-corrected chi connectivity index (χ4v) is 16.3. The molecule has 8 fully saturated rings. The Balaban J connectivity index is 0.893. The van der Waals surface area contributed by atoms with E-state index in [1.807, 2.05) is 0 Å². The van der Waals surface area contributed by atoms with E-state index in [0.717, 1.165) is 38.5 Å². The third kappa shape index (κ3) is 9.08. The van der Waals surface area contributed by atoms with Crippen molar-refractivity contribution in [3.63, 3.8) is 0 Å². The molecule has 21 nitrogen and oxygen atoms in total. The molecule has 5 aliphatic carbocycles. The molecule has 12 N–H and O–H groups in total. The van der Waals surface area contributed by atoms with Gasteiger partial charge in [-0.1, -0.05) is 60.1 Å². The van der Waals surface area contributed by atoms with Crippen molar-refractivity contribution < 1.29 is 104 Å². The second kappa shape index (κ2) is 20.8. The molecular weight excluding hydrogens is 973 g/mol. The summed E-state index contributed by atoms with van der Waals surface area (Å²) in [6, 6.07) is 0. The van der Waals surface area contributed by atoms with Gasteiger partial charge in [0.1, 0.15) is 85.5 Å². The van der Waals surface area contributed by atoms with Crippen LogP contribution >= 0.6 is 0 Å². The van der Waals surface area contributed by atoms with E-state index >= 15 is 4.79 Å². The van der Waals surface area contributed by atoms with Crippen molar-refractivity contribution in [3.05, 3.63) is 11.6 Å². The largest absolute Gasteiger partial charge is 0.432 e. The molecule has 0 unspecified atom stereocenters. The molecular formula is C53H86O21. The minimum absolute atomic E-state index is 0.0781. The molecule has 4 saturated heterocycles. The van der Waals surface area contributed by atoms with Gasteiger partial charge in [0.05, 0.1) is 37.4 Å². The summed E-state index contributed by atoms with van der Waals surface area (Å²) in [5.41, 5.74) is -0.538. The number of esters is 1. The molecule has 21 heteroatoms. The topological polar surface area (TPSA) is 334 Å². The zero-order valence-corrected chi connectivity index (χ0v) is 44.0. The first kappa shape index (κ1) is 57.1. The van der Waals surface area contributed by atoms with Gasteiger partial charge in [-0.05, 0) is 116 Å². The SMILES string of the molecule is C[C@H]1[C@H](C)CC[C@]2(C(=O)O[C@@H]3O[C@H](CO[C@@H]4O[C@H](CO)[C@@H](O[C@@H]5O[C@@H](C)[C@H](O)[C@@H](O)[C@H]5O)[C@H](O)[C@H]4O)[C@@H](O)[C@H](O)[C@H]3O)CC[C@]3(C)C(=CC[C@@H]4[C@@]5(C)CC[C@H](O[C@@H]6OC[C@H](O)[C@H](O)[C@H]6O)C(C)(C)[C@@H]5CC[C@]43C)[C@H]12. The smallest absolute Gasteiger partial charge is 0.315 e. The fraction of sp³-hybridized carbons (Fsp3) is 0.943. The van der Waals surface area contributed by atoms with Crippen LogP contribution in [0.15, 0.2) is 11.6 Å². The normalized spacial score (nSPS) is 55.4. The summed E-state index contributed by atoms with van der Waals surface area (Å²) in [7, 11) is 0. The Bertz CT molecular complexity index is 2030. The van der Waals surface area contributed by atoms with Crippen molar-refractivity contribution in [2.75, 3.05) is 19.8 Å². The summed E-state index contributed by atoms with van der Waals surface area (Å²) in [6.45, 7) is 16.1. The molecule has 0 aromatic heterocycles. The molecule has 9 rings (SSSR count). The van der Waals surface area contributed by atoms with Crippen molar-refractivity contribution in [1.82, 2.24) is 0 Å². The van der Waals surface area contributed by atoms with E-state index in [1.165, 1.54) is 12.5 Å². The highest BCUT2D eigenvalue weighted by molar-refractivity contribution is 5.79. The monoisotopic (exact) mass is 1060 g/mol. The summed E-state index contributed by atoms with van der Waals surface area (Å²) in [5.74, 6) is 0.164. The molecule has 0 bridgehead atoms. The van der Waals surface area contributed by atoms with Crippen molar-refractivity contribution in [2.45, 2.75) is 236 Å². The number of aliphatic hydroxyl groups is 12. The highest BCUT2D eigenvalue weighted by Crippen LogP contribution is 2.76. The maximum absolute atomic E-state index is 15.1. The van der Waals surface area contributed by atoms with E-state index < -0.39 is 141 Å². The molecule has 29 atom stereocenters. The number of rotatable bonds is 10. The number of hydrogen-bond donors (Lipinski definition) is 12. The van der Waals surface area contributed by atoms with Crippen molar-refractivity contribution >= 4 is 5.97 Å². The van der Waals surface area contributed by atoms with Crippen LogP contribution < -0.4 is 0 Å². The Morgan fingerprint density at radius 2 is 1.28 bits per heavy atom. The summed E-state index contributed by atoms with van der Waals surface area (Å²) in [4.78, 5) is 15.1. The summed E-state index contributed by atoms with van der Waals surface area (Å²) in [5, 5.41) is 128. The van der Waals surface area contributed by atoms with Gasteiger partial charge in [0.25, 0.3) is 0 Å². The van der Waals surface area contributed by atoms with Gasteiger partial charge in [0.2, 0.25) is 6.29 Å². The number of fused-ring (bicyclic) bond motifs is 7. The maximum atomic E-state index is 15.1. The molecule has 4 saturated carbocycles. The zero-order chi connectivity index (χ0) is 53.9. The van der Waals surface area contributed by atoms with E-state index in [1.54, 1.807) is 0 Å². The number of carbonyl (C=O) groups is 1. The number of hydrogen-bond acceptors (Lipinski definition) is 21. The van der Waals surface area contributed by atoms with Gasteiger partial charge in [-0.15, -0.1) is 0 Å². The first-order chi connectivity index (χ1) is 34.7. The van der Waals surface area contributed by atoms with Crippen LogP contribution in [0.25, 0.3) is 0 Å². The quantitative estimate of drug-likeness (QED) is 0.0745. The summed E-state index contributed by atoms with van der Waals surface area (Å²) >= 11 is 0. The molecule has 74 heavy (non-hydrogen) atoms. The Kier molecular flexibility index (Phi) is 16.1. The Hall–Kier alpha value is -1.55. The third-order valence-electron chi connectivity index (χ3n) is 21.3. The average Bonchev–Trinajstić information content (AvgIpc) is 3.38. The zero-order valence-electron chi connectivity index (χ0n) is 44.0. The maximum Gasteiger partial charge on any atom is 0.315 e. The molecule has 4 heterocycles. The highest BCUT2D eigenvalue weighted by atomic mass is 16.8. The van der Waals surface area contributed by atoms with Gasteiger partial charge in [0, 0.05) is 0 Å². The predicted octanol–water partition coefficient (Wildman–Crippen LogP) is -0.513. The number of ether oxygens (including phenoxy) is 8. The first-order valence-corrected chi connectivity index (χ1v) is 27.2. The van der Waals surface area contributed by atoms with E-state index in [0.29, 0.717) is 25.2 Å². The predicted molar refractivity (Wildman–Crippen MR) is 255 cm³/mol. The van der Waals surface area contributed by atoms with Crippen LogP contribution in [0.3, 0.4) is 0 Å². The lowest BCUT2D eigenvalue weighted by Crippen LogP contribution is -2.66. The molecule has 9 aliphatic rings. The molecule has 0 spiro atoms. The minimum Gasteiger partial charge on any atom is -0.432 e. The lowest BCUT2D eigenvalue weighted by Gasteiger charge is -2.71. The summed E-state index contributed by atoms with van der Waals surface area (Å²) in [6.07, 6.45) is -20.3. The number of allylic oxidation sites excluding steroid dienone is 2. The standard InChI is InChI=1S/C53H86O21/c1-22-11-16-53(48(66)74-47-41(64)37(60)35(58)28(71-47)21-68-44-42(65)38(61)43(27(19-54)70-44)73-46-40(63)36(59)33(56)24(3)69-46)18-17-51(7)25(32(53)23(22)2)9-10-30-50(6)14-13-31(49(4,5)29(50)12-15-52(30,51)8)72-45-39(62)34(57)26(55)20-67-45/h9,22-24,26-47,54-65H,10-21H2,1-8H3/t22-,23+,24+,26+,27-,28-,29+,30-,31+,32+,33+,34+,35-,36-,37+,38-,39-,40-,41-,42-,43-,44-,45+,46+,47+,50+,51-,52-,53+/m1/s1. The van der Waals surface area contributed by atoms with Crippen molar-refractivity contribution in [1.29, 1.82) is 0 Å². The van der Waals surface area contributed by atoms with Crippen LogP contribution in [0.1, 0.15) is 113 Å². The lowest BCUT2D eigenvalue weighted by molar-refractivity contribution is -0.361. The lowest BCUT2D eigenvalue weighted by atomic mass is 9.33. The van der Waals surface area contributed by atoms with Crippen LogP contribution in [0, 0.1) is 56.7 Å². The van der Waals surface area contributed by atoms with Crippen LogP contribution in [0.4, 0.5) is 0 Å². The third-order valence-corrected chi connectivity index (χ3v) is 21.3. The van der Waals surface area contributed by atoms with Gasteiger partial charge in [-0.25, -0.2) is 0 Å². The van der Waals surface area contributed by atoms with Crippen molar-refractivity contribution in [3.8, 4) is 0 Å². The molecule has 0 aromatic carbocycles. The average molecular weight is 1060 g/mol. The fourth-order valence-electron chi connectivity index (χ4n) is 16.3. The van der Waals surface area contributed by atoms with E-state index in [-0.39, 0.29) is 58.0 Å². The van der Waals surface area contributed by atoms with Gasteiger partial charge >= 0.3 is 5.97 Å². The summed E-state index contributed by atoms with van der Waals surface area (Å²) < 4.78 is 47.1. The molecule has 0 radical (unpaired) electrons. The van der Waals surface area contributed by atoms with Crippen molar-refractivity contribution in [2.24, 2.45) is 56.7 Å². The molecule has 0 aromatic rings. The number of carbonyl (C=O) groups excluding carboxylic acids is 1. The highest BCUT2D eigenvalue weighted by Gasteiger charge is 2.70. The molecule has 0 amide bonds. The van der Waals surface area contributed by atoms with E-state index in [4.69, 9.17) is 37.9 Å². The second-order valence-corrected chi connectivity index (χ2v) is 25.3. The van der Waals surface area contributed by atoms with Crippen LogP contribution in [-0.2, 0) is 42.7 Å². The Morgan fingerprint density at radius 1 is 0.635 bits per heavy atom. The second-order valence-electron chi connectivity index (χ2n) is 25.3. The molecule has 424 valence electrons. The number of aliphatic hydroxyl groups excluding tert-OH is 12. The van der Waals surface area contributed by atoms with Crippen LogP contribution in [0.5, 0.6) is 0 Å². The minimum atomic E-state index is -1.86. The molecule has 4 aliphatic heterocycles. The Morgan fingerprint density at radius 3 is 1.99 bits per heavy atom. The first-order valence-electron chi connectivity index (χ1n) is 27.2. The van der Waals surface area contributed by atoms with Gasteiger partial charge in [-0.3, -0.25) is 4.79 Å². The van der Waals surface area contributed by atoms with Gasteiger partial charge in [-0.2, -0.15) is 0 Å². The van der Waals surface area contributed by atoms with Crippen LogP contribution in [0.2, 0.25) is 0 Å². The van der Waals surface area contributed by atoms with Gasteiger partial charge in [0.15, 0.2) is 18.9 Å². The Labute approximate surface area is 433 Å². The van der Waals surface area contributed by atoms with Crippen LogP contribution in [-0.4, -0.2) is 210 Å². The van der Waals surface area contributed by atoms with Gasteiger partial charge < -0.3 is 99.2 Å². The van der Waals surface area contributed by atoms with E-state index in [2.05, 4.69) is 54.5 Å².